The summed E-state index contributed by atoms with van der Waals surface area (Å²) in [6, 6.07) is 9.15. The number of phenols is 1. The first kappa shape index (κ1) is 30.5. The number of alkyl halides is 3. The number of aromatic hydroxyl groups is 1. The van der Waals surface area contributed by atoms with Crippen molar-refractivity contribution in [2.24, 2.45) is 11.8 Å². The number of ketones is 1. The van der Waals surface area contributed by atoms with Crippen molar-refractivity contribution in [1.29, 1.82) is 0 Å². The molecule has 1 saturated carbocycles. The van der Waals surface area contributed by atoms with Gasteiger partial charge in [0.1, 0.15) is 17.6 Å². The van der Waals surface area contributed by atoms with E-state index in [4.69, 9.17) is 0 Å². The molecule has 2 aromatic rings. The third-order valence-corrected chi connectivity index (χ3v) is 9.06. The molecule has 2 N–H and O–H groups in total. The normalized spacial score (nSPS) is 25.1. The molecule has 2 heterocycles. The molecule has 1 amide bonds. The van der Waals surface area contributed by atoms with Gasteiger partial charge in [0, 0.05) is 43.1 Å². The lowest BCUT2D eigenvalue weighted by Gasteiger charge is -2.45. The standard InChI is InChI=1S/C32H39F4N3O3/c1-20-24(9-5-10-27(20)33)29-25(30(41)21-7-4-8-23(40)17-21)18-38(15-3-2-14-37-22-12-13-22)19-26(29)31(42)39-16-6-11-28(39)32(34,35)36/h4-5,7-10,17,22,25-26,28-29,37,40H,2-3,6,11-16,18-19H2,1H3/t25-,26+,28-,29+/m0/s1. The zero-order valence-electron chi connectivity index (χ0n) is 23.9. The van der Waals surface area contributed by atoms with E-state index in [0.717, 1.165) is 24.3 Å². The van der Waals surface area contributed by atoms with Gasteiger partial charge in [-0.25, -0.2) is 4.39 Å². The zero-order chi connectivity index (χ0) is 30.0. The number of nitrogens with one attached hydrogen (secondary N) is 1. The van der Waals surface area contributed by atoms with Gasteiger partial charge in [-0.05, 0) is 87.9 Å². The number of benzene rings is 2. The van der Waals surface area contributed by atoms with Crippen molar-refractivity contribution in [2.75, 3.05) is 32.7 Å². The highest BCUT2D eigenvalue weighted by atomic mass is 19.4. The fourth-order valence-corrected chi connectivity index (χ4v) is 6.73. The molecule has 228 valence electrons. The Balaban J connectivity index is 1.51. The molecule has 0 spiro atoms. The second-order valence-electron chi connectivity index (χ2n) is 12.0. The zero-order valence-corrected chi connectivity index (χ0v) is 23.9. The Hall–Kier alpha value is -2.98. The van der Waals surface area contributed by atoms with Crippen LogP contribution >= 0.6 is 0 Å². The van der Waals surface area contributed by atoms with E-state index in [1.165, 1.54) is 37.1 Å². The van der Waals surface area contributed by atoms with Crippen LogP contribution in [0.1, 0.15) is 65.9 Å². The van der Waals surface area contributed by atoms with E-state index in [1.807, 2.05) is 4.90 Å². The molecular formula is C32H39F4N3O3. The van der Waals surface area contributed by atoms with Gasteiger partial charge in [0.05, 0.1) is 5.92 Å². The monoisotopic (exact) mass is 589 g/mol. The third-order valence-electron chi connectivity index (χ3n) is 9.06. The molecule has 4 atom stereocenters. The van der Waals surface area contributed by atoms with Crippen molar-refractivity contribution in [3.05, 3.63) is 65.0 Å². The smallest absolute Gasteiger partial charge is 0.408 e. The highest BCUT2D eigenvalue weighted by Crippen LogP contribution is 2.44. The van der Waals surface area contributed by atoms with Gasteiger partial charge < -0.3 is 20.2 Å². The van der Waals surface area contributed by atoms with Gasteiger partial charge in [0.15, 0.2) is 5.78 Å². The van der Waals surface area contributed by atoms with Crippen molar-refractivity contribution in [2.45, 2.75) is 69.6 Å². The number of unbranched alkanes of at least 4 members (excludes halogenated alkanes) is 1. The van der Waals surface area contributed by atoms with Gasteiger partial charge in [0.2, 0.25) is 5.91 Å². The first-order valence-corrected chi connectivity index (χ1v) is 15.0. The van der Waals surface area contributed by atoms with E-state index >= 15 is 0 Å². The number of carbonyl (C=O) groups is 2. The topological polar surface area (TPSA) is 72.9 Å². The number of rotatable bonds is 10. The van der Waals surface area contributed by atoms with Gasteiger partial charge in [0.25, 0.3) is 0 Å². The lowest BCUT2D eigenvalue weighted by atomic mass is 9.69. The Morgan fingerprint density at radius 1 is 1.02 bits per heavy atom. The summed E-state index contributed by atoms with van der Waals surface area (Å²) >= 11 is 0. The predicted molar refractivity (Wildman–Crippen MR) is 151 cm³/mol. The van der Waals surface area contributed by atoms with E-state index < -0.39 is 41.7 Å². The van der Waals surface area contributed by atoms with Crippen molar-refractivity contribution >= 4 is 11.7 Å². The minimum atomic E-state index is -4.56. The highest BCUT2D eigenvalue weighted by molar-refractivity contribution is 5.99. The largest absolute Gasteiger partial charge is 0.508 e. The second-order valence-corrected chi connectivity index (χ2v) is 12.0. The summed E-state index contributed by atoms with van der Waals surface area (Å²) < 4.78 is 56.8. The Bertz CT molecular complexity index is 1280. The fraction of sp³-hybridized carbons (Fsp3) is 0.562. The van der Waals surface area contributed by atoms with Crippen molar-refractivity contribution in [1.82, 2.24) is 15.1 Å². The third kappa shape index (κ3) is 6.80. The van der Waals surface area contributed by atoms with Crippen LogP contribution in [0.2, 0.25) is 0 Å². The minimum absolute atomic E-state index is 0.00757. The van der Waals surface area contributed by atoms with Crippen LogP contribution in [-0.2, 0) is 4.79 Å². The SMILES string of the molecule is Cc1c(F)cccc1[C@@H]1[C@@H](C(=O)c2cccc(O)c2)CN(CCCCNC2CC2)C[C@H]1C(=O)N1CCC[C@H]1C(F)(F)F. The molecule has 3 aliphatic rings. The number of carbonyl (C=O) groups excluding carboxylic acids is 2. The summed E-state index contributed by atoms with van der Waals surface area (Å²) in [4.78, 5) is 31.2. The number of halogens is 4. The summed E-state index contributed by atoms with van der Waals surface area (Å²) in [5, 5.41) is 13.6. The molecule has 2 aliphatic heterocycles. The Labute approximate surface area is 244 Å². The molecule has 0 unspecified atom stereocenters. The first-order chi connectivity index (χ1) is 20.0. The maximum Gasteiger partial charge on any atom is 0.408 e. The molecule has 5 rings (SSSR count). The Morgan fingerprint density at radius 3 is 2.48 bits per heavy atom. The first-order valence-electron chi connectivity index (χ1n) is 15.0. The Kier molecular flexibility index (Phi) is 9.23. The molecule has 0 bridgehead atoms. The van der Waals surface area contributed by atoms with Crippen LogP contribution in [0.25, 0.3) is 0 Å². The lowest BCUT2D eigenvalue weighted by Crippen LogP contribution is -2.55. The average Bonchev–Trinajstić information content (AvgIpc) is 3.64. The summed E-state index contributed by atoms with van der Waals surface area (Å²) in [7, 11) is 0. The minimum Gasteiger partial charge on any atom is -0.508 e. The van der Waals surface area contributed by atoms with Crippen molar-refractivity contribution < 1.29 is 32.3 Å². The predicted octanol–water partition coefficient (Wildman–Crippen LogP) is 5.44. The highest BCUT2D eigenvalue weighted by Gasteiger charge is 2.52. The number of phenolic OH excluding ortho intramolecular Hbond substituents is 1. The average molecular weight is 590 g/mol. The van der Waals surface area contributed by atoms with E-state index in [1.54, 1.807) is 25.1 Å². The molecule has 2 saturated heterocycles. The fourth-order valence-electron chi connectivity index (χ4n) is 6.73. The molecule has 42 heavy (non-hydrogen) atoms. The van der Waals surface area contributed by atoms with Crippen LogP contribution in [0.4, 0.5) is 17.6 Å². The molecule has 3 fully saturated rings. The maximum absolute atomic E-state index is 14.9. The van der Waals surface area contributed by atoms with Crippen LogP contribution in [0, 0.1) is 24.6 Å². The molecule has 6 nitrogen and oxygen atoms in total. The molecular weight excluding hydrogens is 550 g/mol. The van der Waals surface area contributed by atoms with Gasteiger partial charge in [-0.1, -0.05) is 24.3 Å². The van der Waals surface area contributed by atoms with Crippen LogP contribution in [-0.4, -0.2) is 77.6 Å². The summed E-state index contributed by atoms with van der Waals surface area (Å²) in [5.74, 6) is -4.19. The van der Waals surface area contributed by atoms with E-state index in [2.05, 4.69) is 5.32 Å². The molecule has 0 aromatic heterocycles. The van der Waals surface area contributed by atoms with Crippen LogP contribution in [0.3, 0.4) is 0 Å². The quantitative estimate of drug-likeness (QED) is 0.220. The Morgan fingerprint density at radius 2 is 1.76 bits per heavy atom. The number of likely N-dealkylation sites (tertiary alicyclic amines) is 2. The van der Waals surface area contributed by atoms with Crippen molar-refractivity contribution in [3.63, 3.8) is 0 Å². The van der Waals surface area contributed by atoms with E-state index in [9.17, 15) is 32.3 Å². The number of nitrogens with zero attached hydrogens (tertiary/aromatic N) is 2. The number of Topliss-reactive ketones (excluding diaryl/α,β-unsaturated/α-hetero) is 1. The van der Waals surface area contributed by atoms with Crippen LogP contribution in [0.5, 0.6) is 5.75 Å². The number of piperidine rings is 1. The molecule has 10 heteroatoms. The second kappa shape index (κ2) is 12.7. The molecule has 1 aliphatic carbocycles. The van der Waals surface area contributed by atoms with Gasteiger partial charge in [-0.3, -0.25) is 9.59 Å². The molecule has 2 aromatic carbocycles. The van der Waals surface area contributed by atoms with E-state index in [0.29, 0.717) is 18.2 Å². The lowest BCUT2D eigenvalue weighted by molar-refractivity contribution is -0.185. The van der Waals surface area contributed by atoms with Gasteiger partial charge >= 0.3 is 6.18 Å². The summed E-state index contributed by atoms with van der Waals surface area (Å²) in [5.41, 5.74) is 0.986. The number of hydrogen-bond donors (Lipinski definition) is 2. The number of hydrogen-bond acceptors (Lipinski definition) is 5. The van der Waals surface area contributed by atoms with Gasteiger partial charge in [-0.15, -0.1) is 0 Å². The summed E-state index contributed by atoms with van der Waals surface area (Å²) in [6.07, 6.45) is -0.408. The summed E-state index contributed by atoms with van der Waals surface area (Å²) in [6.45, 7) is 3.47. The van der Waals surface area contributed by atoms with Crippen LogP contribution < -0.4 is 5.32 Å². The molecule has 0 radical (unpaired) electrons. The van der Waals surface area contributed by atoms with Crippen molar-refractivity contribution in [3.8, 4) is 5.75 Å². The maximum atomic E-state index is 14.9. The van der Waals surface area contributed by atoms with Gasteiger partial charge in [-0.2, -0.15) is 13.2 Å². The number of amides is 1. The van der Waals surface area contributed by atoms with Crippen LogP contribution in [0.15, 0.2) is 42.5 Å². The van der Waals surface area contributed by atoms with E-state index in [-0.39, 0.29) is 55.1 Å².